The fourth-order valence-electron chi connectivity index (χ4n) is 4.60. The third kappa shape index (κ3) is 1.28. The minimum Gasteiger partial charge on any atom is -0.296 e. The standard InChI is InChI=1S/C18H11Cl2NO2/c19-17-9-5-1-2-6-10(9)18(20,12-8-4-3-7-11(12)17)14-13(17)15(22)21-16(14)23/h1-8,13-14H,(H,21,22,23). The fraction of sp³-hybridized carbons (Fsp3) is 0.222. The highest BCUT2D eigenvalue weighted by Gasteiger charge is 2.71. The molecule has 2 bridgehead atoms. The predicted octanol–water partition coefficient (Wildman–Crippen LogP) is 2.87. The number of carbonyl (C=O) groups is 2. The van der Waals surface area contributed by atoms with E-state index in [-0.39, 0.29) is 11.8 Å². The highest BCUT2D eigenvalue weighted by Crippen LogP contribution is 2.68. The van der Waals surface area contributed by atoms with Gasteiger partial charge in [0.1, 0.15) is 9.75 Å². The third-order valence-corrected chi connectivity index (χ3v) is 6.71. The molecule has 23 heavy (non-hydrogen) atoms. The zero-order valence-electron chi connectivity index (χ0n) is 11.8. The maximum atomic E-state index is 12.5. The van der Waals surface area contributed by atoms with Crippen molar-refractivity contribution in [3.8, 4) is 0 Å². The van der Waals surface area contributed by atoms with E-state index in [1.165, 1.54) is 0 Å². The lowest BCUT2D eigenvalue weighted by Gasteiger charge is -2.54. The Morgan fingerprint density at radius 2 is 1.00 bits per heavy atom. The van der Waals surface area contributed by atoms with Crippen LogP contribution in [-0.4, -0.2) is 11.8 Å². The van der Waals surface area contributed by atoms with Gasteiger partial charge in [0.25, 0.3) is 0 Å². The quantitative estimate of drug-likeness (QED) is 0.590. The molecule has 5 heteroatoms. The number of nitrogens with one attached hydrogen (secondary N) is 1. The van der Waals surface area contributed by atoms with E-state index in [2.05, 4.69) is 5.32 Å². The SMILES string of the molecule is O=C1NC(=O)C2C1C1(Cl)c3ccccc3C2(Cl)c2ccccc21. The van der Waals surface area contributed by atoms with Gasteiger partial charge in [-0.1, -0.05) is 48.5 Å². The van der Waals surface area contributed by atoms with Gasteiger partial charge in [0.15, 0.2) is 0 Å². The van der Waals surface area contributed by atoms with Crippen molar-refractivity contribution in [2.75, 3.05) is 0 Å². The highest BCUT2D eigenvalue weighted by molar-refractivity contribution is 6.35. The second-order valence-electron chi connectivity index (χ2n) is 6.32. The van der Waals surface area contributed by atoms with Gasteiger partial charge in [-0.05, 0) is 22.3 Å². The summed E-state index contributed by atoms with van der Waals surface area (Å²) >= 11 is 14.2. The van der Waals surface area contributed by atoms with Crippen molar-refractivity contribution in [2.45, 2.75) is 9.75 Å². The second kappa shape index (κ2) is 3.97. The van der Waals surface area contributed by atoms with Crippen molar-refractivity contribution in [3.05, 3.63) is 70.8 Å². The zero-order valence-corrected chi connectivity index (χ0v) is 13.4. The Morgan fingerprint density at radius 3 is 1.30 bits per heavy atom. The molecule has 2 amide bonds. The monoisotopic (exact) mass is 343 g/mol. The highest BCUT2D eigenvalue weighted by atomic mass is 35.5. The smallest absolute Gasteiger partial charge is 0.233 e. The number of hydrogen-bond acceptors (Lipinski definition) is 2. The summed E-state index contributed by atoms with van der Waals surface area (Å²) < 4.78 is 0. The Morgan fingerprint density at radius 1 is 0.696 bits per heavy atom. The molecule has 2 atom stereocenters. The molecular weight excluding hydrogens is 333 g/mol. The van der Waals surface area contributed by atoms with Gasteiger partial charge >= 0.3 is 0 Å². The van der Waals surface area contributed by atoms with Gasteiger partial charge in [-0.25, -0.2) is 0 Å². The zero-order chi connectivity index (χ0) is 16.0. The summed E-state index contributed by atoms with van der Waals surface area (Å²) in [6.45, 7) is 0. The first kappa shape index (κ1) is 13.6. The van der Waals surface area contributed by atoms with Gasteiger partial charge in [-0.3, -0.25) is 14.9 Å². The van der Waals surface area contributed by atoms with Crippen LogP contribution in [-0.2, 0) is 19.3 Å². The summed E-state index contributed by atoms with van der Waals surface area (Å²) in [5.41, 5.74) is 3.28. The summed E-state index contributed by atoms with van der Waals surface area (Å²) in [4.78, 5) is 22.9. The normalized spacial score (nSPS) is 36.3. The van der Waals surface area contributed by atoms with Crippen molar-refractivity contribution in [1.29, 1.82) is 0 Å². The first-order valence-corrected chi connectivity index (χ1v) is 8.18. The molecular formula is C18H11Cl2NO2. The van der Waals surface area contributed by atoms with Crippen molar-refractivity contribution < 1.29 is 9.59 Å². The Balaban J connectivity index is 1.99. The Bertz CT molecular complexity index is 788. The summed E-state index contributed by atoms with van der Waals surface area (Å²) in [5.74, 6) is -2.08. The molecule has 1 N–H and O–H groups in total. The van der Waals surface area contributed by atoms with Crippen molar-refractivity contribution >= 4 is 35.0 Å². The Labute approximate surface area is 142 Å². The van der Waals surface area contributed by atoms with Crippen molar-refractivity contribution in [2.24, 2.45) is 11.8 Å². The van der Waals surface area contributed by atoms with Crippen LogP contribution in [0.15, 0.2) is 48.5 Å². The molecule has 0 aromatic heterocycles. The lowest BCUT2D eigenvalue weighted by Crippen LogP contribution is -2.57. The largest absolute Gasteiger partial charge is 0.296 e. The van der Waals surface area contributed by atoms with Crippen molar-refractivity contribution in [1.82, 2.24) is 5.32 Å². The van der Waals surface area contributed by atoms with Gasteiger partial charge in [-0.2, -0.15) is 0 Å². The van der Waals surface area contributed by atoms with Crippen LogP contribution < -0.4 is 5.32 Å². The first-order valence-electron chi connectivity index (χ1n) is 7.43. The molecule has 0 spiro atoms. The summed E-state index contributed by atoms with van der Waals surface area (Å²) in [7, 11) is 0. The van der Waals surface area contributed by atoms with Gasteiger partial charge in [0.2, 0.25) is 11.8 Å². The predicted molar refractivity (Wildman–Crippen MR) is 86.3 cm³/mol. The lowest BCUT2D eigenvalue weighted by atomic mass is 9.54. The molecule has 114 valence electrons. The van der Waals surface area contributed by atoms with Crippen LogP contribution in [0.25, 0.3) is 0 Å². The molecule has 1 heterocycles. The van der Waals surface area contributed by atoms with Crippen molar-refractivity contribution in [3.63, 3.8) is 0 Å². The van der Waals surface area contributed by atoms with E-state index < -0.39 is 21.6 Å². The molecule has 2 aromatic rings. The maximum Gasteiger partial charge on any atom is 0.233 e. The van der Waals surface area contributed by atoms with Crippen LogP contribution in [0, 0.1) is 11.8 Å². The Hall–Kier alpha value is -1.84. The lowest BCUT2D eigenvalue weighted by molar-refractivity contribution is -0.126. The van der Waals surface area contributed by atoms with E-state index in [0.29, 0.717) is 0 Å². The van der Waals surface area contributed by atoms with Gasteiger partial charge in [0.05, 0.1) is 11.8 Å². The molecule has 2 unspecified atom stereocenters. The Kier molecular flexibility index (Phi) is 2.35. The number of benzene rings is 2. The molecule has 1 fully saturated rings. The van der Waals surface area contributed by atoms with E-state index in [1.807, 2.05) is 48.5 Å². The summed E-state index contributed by atoms with van der Waals surface area (Å²) in [6.07, 6.45) is 0. The van der Waals surface area contributed by atoms with E-state index in [9.17, 15) is 9.59 Å². The molecule has 0 saturated carbocycles. The topological polar surface area (TPSA) is 46.2 Å². The molecule has 0 radical (unpaired) electrons. The number of rotatable bonds is 0. The molecule has 1 saturated heterocycles. The maximum absolute atomic E-state index is 12.5. The number of halogens is 2. The molecule has 2 aromatic carbocycles. The molecule has 3 aliphatic carbocycles. The van der Waals surface area contributed by atoms with Gasteiger partial charge < -0.3 is 0 Å². The average molecular weight is 344 g/mol. The van der Waals surface area contributed by atoms with Crippen LogP contribution in [0.2, 0.25) is 0 Å². The second-order valence-corrected chi connectivity index (χ2v) is 7.52. The minimum absolute atomic E-state index is 0.343. The van der Waals surface area contributed by atoms with Crippen LogP contribution in [0.1, 0.15) is 22.3 Å². The van der Waals surface area contributed by atoms with Crippen LogP contribution in [0.5, 0.6) is 0 Å². The van der Waals surface area contributed by atoms with E-state index in [4.69, 9.17) is 23.2 Å². The van der Waals surface area contributed by atoms with E-state index >= 15 is 0 Å². The summed E-state index contributed by atoms with van der Waals surface area (Å²) in [5, 5.41) is 2.43. The van der Waals surface area contributed by atoms with Gasteiger partial charge in [0, 0.05) is 0 Å². The van der Waals surface area contributed by atoms with E-state index in [1.54, 1.807) is 0 Å². The number of hydrogen-bond donors (Lipinski definition) is 1. The van der Waals surface area contributed by atoms with Crippen LogP contribution in [0.3, 0.4) is 0 Å². The number of carbonyl (C=O) groups excluding carboxylic acids is 2. The minimum atomic E-state index is -1.06. The van der Waals surface area contributed by atoms with Crippen LogP contribution >= 0.6 is 23.2 Å². The van der Waals surface area contributed by atoms with Gasteiger partial charge in [-0.15, -0.1) is 23.2 Å². The average Bonchev–Trinajstić information content (AvgIpc) is 2.88. The number of alkyl halides is 2. The number of amides is 2. The molecule has 1 aliphatic heterocycles. The molecule has 4 aliphatic rings. The molecule has 3 nitrogen and oxygen atoms in total. The molecule has 6 rings (SSSR count). The van der Waals surface area contributed by atoms with E-state index in [0.717, 1.165) is 22.3 Å². The third-order valence-electron chi connectivity index (χ3n) is 5.42. The first-order chi connectivity index (χ1) is 11.0. The number of imide groups is 1. The fourth-order valence-corrected chi connectivity index (χ4v) is 5.71. The van der Waals surface area contributed by atoms with Crippen LogP contribution in [0.4, 0.5) is 0 Å². The summed E-state index contributed by atoms with van der Waals surface area (Å²) in [6, 6.07) is 15.2.